The molecule has 1 aromatic rings. The summed E-state index contributed by atoms with van der Waals surface area (Å²) < 4.78 is 0. The van der Waals surface area contributed by atoms with Crippen molar-refractivity contribution in [3.63, 3.8) is 0 Å². The molecule has 0 amide bonds. The maximum Gasteiger partial charge on any atom is 0.0646 e. The van der Waals surface area contributed by atoms with Crippen LogP contribution in [0, 0.1) is 5.92 Å². The second-order valence-corrected chi connectivity index (χ2v) is 4.22. The average Bonchev–Trinajstić information content (AvgIpc) is 2.25. The highest BCUT2D eigenvalue weighted by Gasteiger charge is 2.13. The lowest BCUT2D eigenvalue weighted by Crippen LogP contribution is -2.36. The van der Waals surface area contributed by atoms with Crippen LogP contribution < -0.4 is 5.32 Å². The monoisotopic (exact) mass is 207 g/mol. The molecule has 15 heavy (non-hydrogen) atoms. The molecule has 0 aliphatic heterocycles. The van der Waals surface area contributed by atoms with Gasteiger partial charge in [0.1, 0.15) is 0 Å². The zero-order valence-electron chi connectivity index (χ0n) is 9.90. The van der Waals surface area contributed by atoms with Gasteiger partial charge in [-0.1, -0.05) is 20.8 Å². The molecule has 0 radical (unpaired) electrons. The molecule has 0 spiro atoms. The third kappa shape index (κ3) is 4.38. The van der Waals surface area contributed by atoms with E-state index in [9.17, 15) is 0 Å². The van der Waals surface area contributed by atoms with Gasteiger partial charge in [-0.05, 0) is 31.0 Å². The summed E-state index contributed by atoms with van der Waals surface area (Å²) in [4.78, 5) is 0. The van der Waals surface area contributed by atoms with Crippen LogP contribution in [0.4, 0.5) is 0 Å². The normalized spacial score (nSPS) is 13.1. The molecule has 1 aromatic heterocycles. The third-order valence-corrected chi connectivity index (χ3v) is 2.52. The predicted octanol–water partition coefficient (Wildman–Crippen LogP) is 2.04. The maximum absolute atomic E-state index is 4.12. The topological polar surface area (TPSA) is 37.8 Å². The summed E-state index contributed by atoms with van der Waals surface area (Å²) in [6.45, 7) is 7.74. The Hall–Kier alpha value is -0.960. The molecule has 1 unspecified atom stereocenters. The molecule has 0 aliphatic rings. The van der Waals surface area contributed by atoms with E-state index in [1.54, 1.807) is 6.20 Å². The number of hydrogen-bond acceptors (Lipinski definition) is 3. The van der Waals surface area contributed by atoms with E-state index in [0.29, 0.717) is 12.0 Å². The quantitative estimate of drug-likeness (QED) is 0.775. The van der Waals surface area contributed by atoms with Crippen LogP contribution in [0.15, 0.2) is 18.3 Å². The van der Waals surface area contributed by atoms with E-state index >= 15 is 0 Å². The van der Waals surface area contributed by atoms with Gasteiger partial charge in [0.2, 0.25) is 0 Å². The molecule has 0 saturated carbocycles. The van der Waals surface area contributed by atoms with Gasteiger partial charge >= 0.3 is 0 Å². The fourth-order valence-electron chi connectivity index (χ4n) is 1.54. The molecule has 1 heterocycles. The van der Waals surface area contributed by atoms with Crippen molar-refractivity contribution >= 4 is 0 Å². The number of hydrogen-bond donors (Lipinski definition) is 1. The van der Waals surface area contributed by atoms with Crippen LogP contribution in [-0.4, -0.2) is 22.8 Å². The van der Waals surface area contributed by atoms with Crippen molar-refractivity contribution in [1.29, 1.82) is 0 Å². The van der Waals surface area contributed by atoms with Crippen molar-refractivity contribution in [1.82, 2.24) is 15.5 Å². The fraction of sp³-hybridized carbons (Fsp3) is 0.667. The highest BCUT2D eigenvalue weighted by atomic mass is 15.1. The molecule has 3 nitrogen and oxygen atoms in total. The molecule has 0 aliphatic carbocycles. The summed E-state index contributed by atoms with van der Waals surface area (Å²) in [6, 6.07) is 4.48. The lowest BCUT2D eigenvalue weighted by Gasteiger charge is -2.21. The summed E-state index contributed by atoms with van der Waals surface area (Å²) >= 11 is 0. The van der Waals surface area contributed by atoms with E-state index < -0.39 is 0 Å². The molecular weight excluding hydrogens is 186 g/mol. The van der Waals surface area contributed by atoms with Gasteiger partial charge in [-0.15, -0.1) is 0 Å². The number of aromatic nitrogens is 2. The van der Waals surface area contributed by atoms with Crippen LogP contribution in [0.1, 0.15) is 32.9 Å². The van der Waals surface area contributed by atoms with Crippen molar-refractivity contribution in [2.75, 3.05) is 6.54 Å². The molecule has 0 aromatic carbocycles. The minimum absolute atomic E-state index is 0.502. The first-order valence-corrected chi connectivity index (χ1v) is 5.74. The van der Waals surface area contributed by atoms with Gasteiger partial charge in [-0.2, -0.15) is 10.2 Å². The summed E-state index contributed by atoms with van der Waals surface area (Å²) in [5, 5.41) is 11.6. The Morgan fingerprint density at radius 1 is 1.40 bits per heavy atom. The first-order valence-electron chi connectivity index (χ1n) is 5.74. The average molecular weight is 207 g/mol. The Labute approximate surface area is 92.3 Å². The first-order chi connectivity index (χ1) is 7.24. The van der Waals surface area contributed by atoms with Gasteiger partial charge in [-0.3, -0.25) is 0 Å². The van der Waals surface area contributed by atoms with E-state index in [-0.39, 0.29) is 0 Å². The van der Waals surface area contributed by atoms with Crippen LogP contribution in [0.25, 0.3) is 0 Å². The van der Waals surface area contributed by atoms with E-state index in [1.165, 1.54) is 6.42 Å². The predicted molar refractivity (Wildman–Crippen MR) is 62.7 cm³/mol. The molecule has 84 valence electrons. The van der Waals surface area contributed by atoms with Crippen LogP contribution in [0.5, 0.6) is 0 Å². The Bertz CT molecular complexity index is 259. The molecule has 1 N–H and O–H groups in total. The van der Waals surface area contributed by atoms with Gasteiger partial charge in [0.15, 0.2) is 0 Å². The van der Waals surface area contributed by atoms with Crippen LogP contribution in [0.3, 0.4) is 0 Å². The molecule has 3 heteroatoms. The minimum atomic E-state index is 0.502. The van der Waals surface area contributed by atoms with Crippen molar-refractivity contribution in [3.8, 4) is 0 Å². The second kappa shape index (κ2) is 6.51. The standard InChI is InChI=1S/C12H21N3/c1-4-7-13-12(10(2)3)9-11-6-5-8-14-15-11/h5-6,8,10,12-13H,4,7,9H2,1-3H3. The molecule has 1 rings (SSSR count). The summed E-state index contributed by atoms with van der Waals surface area (Å²) in [5.41, 5.74) is 1.07. The highest BCUT2D eigenvalue weighted by Crippen LogP contribution is 2.07. The van der Waals surface area contributed by atoms with Gasteiger partial charge in [0.05, 0.1) is 5.69 Å². The number of nitrogens with one attached hydrogen (secondary N) is 1. The Morgan fingerprint density at radius 3 is 2.73 bits per heavy atom. The maximum atomic E-state index is 4.12. The summed E-state index contributed by atoms with van der Waals surface area (Å²) in [7, 11) is 0. The summed E-state index contributed by atoms with van der Waals surface area (Å²) in [6.07, 6.45) is 3.85. The van der Waals surface area contributed by atoms with E-state index in [2.05, 4.69) is 36.3 Å². The second-order valence-electron chi connectivity index (χ2n) is 4.22. The molecule has 0 bridgehead atoms. The van der Waals surface area contributed by atoms with Gasteiger partial charge < -0.3 is 5.32 Å². The van der Waals surface area contributed by atoms with Gasteiger partial charge in [0.25, 0.3) is 0 Å². The zero-order chi connectivity index (χ0) is 11.1. The smallest absolute Gasteiger partial charge is 0.0646 e. The lowest BCUT2D eigenvalue weighted by molar-refractivity contribution is 0.393. The number of nitrogens with zero attached hydrogens (tertiary/aromatic N) is 2. The van der Waals surface area contributed by atoms with Crippen molar-refractivity contribution in [3.05, 3.63) is 24.0 Å². The lowest BCUT2D eigenvalue weighted by atomic mass is 9.99. The zero-order valence-corrected chi connectivity index (χ0v) is 9.90. The van der Waals surface area contributed by atoms with E-state index in [1.807, 2.05) is 12.1 Å². The Kier molecular flexibility index (Phi) is 5.26. The Morgan fingerprint density at radius 2 is 2.20 bits per heavy atom. The Balaban J connectivity index is 2.51. The van der Waals surface area contributed by atoms with E-state index in [4.69, 9.17) is 0 Å². The molecule has 0 fully saturated rings. The molecular formula is C12H21N3. The van der Waals surface area contributed by atoms with Crippen molar-refractivity contribution < 1.29 is 0 Å². The van der Waals surface area contributed by atoms with E-state index in [0.717, 1.165) is 18.7 Å². The largest absolute Gasteiger partial charge is 0.313 e. The van der Waals surface area contributed by atoms with Gasteiger partial charge in [0, 0.05) is 18.7 Å². The third-order valence-electron chi connectivity index (χ3n) is 2.52. The fourth-order valence-corrected chi connectivity index (χ4v) is 1.54. The van der Waals surface area contributed by atoms with Crippen molar-refractivity contribution in [2.24, 2.45) is 5.92 Å². The molecule has 0 saturated heterocycles. The minimum Gasteiger partial charge on any atom is -0.313 e. The number of rotatable bonds is 6. The summed E-state index contributed by atoms with van der Waals surface area (Å²) in [5.74, 6) is 0.624. The van der Waals surface area contributed by atoms with Gasteiger partial charge in [-0.25, -0.2) is 0 Å². The van der Waals surface area contributed by atoms with Crippen LogP contribution in [-0.2, 0) is 6.42 Å². The SMILES string of the molecule is CCCNC(Cc1cccnn1)C(C)C. The van der Waals surface area contributed by atoms with Crippen molar-refractivity contribution in [2.45, 2.75) is 39.7 Å². The van der Waals surface area contributed by atoms with Crippen LogP contribution >= 0.6 is 0 Å². The van der Waals surface area contributed by atoms with Crippen LogP contribution in [0.2, 0.25) is 0 Å². The highest BCUT2D eigenvalue weighted by molar-refractivity contribution is 5.01. The molecule has 1 atom stereocenters. The first kappa shape index (κ1) is 12.1.